The second-order valence-corrected chi connectivity index (χ2v) is 14.6. The van der Waals surface area contributed by atoms with Gasteiger partial charge in [0.15, 0.2) is 0 Å². The lowest BCUT2D eigenvalue weighted by Gasteiger charge is -2.14. The molecule has 0 aromatic rings. The van der Waals surface area contributed by atoms with Crippen LogP contribution in [0.5, 0.6) is 0 Å². The lowest BCUT2D eigenvalue weighted by Crippen LogP contribution is -2.28. The maximum absolute atomic E-state index is 12.7. The van der Waals surface area contributed by atoms with Crippen molar-refractivity contribution < 1.29 is 24.2 Å². The first kappa shape index (κ1) is 48.6. The summed E-state index contributed by atoms with van der Waals surface area (Å²) in [5.41, 5.74) is 0. The van der Waals surface area contributed by atoms with Gasteiger partial charge in [0.05, 0.1) is 0 Å². The Labute approximate surface area is 315 Å². The number of rotatable bonds is 39. The summed E-state index contributed by atoms with van der Waals surface area (Å²) in [6.45, 7) is 4.19. The van der Waals surface area contributed by atoms with E-state index in [4.69, 9.17) is 9.84 Å². The van der Waals surface area contributed by atoms with Crippen molar-refractivity contribution in [2.24, 2.45) is 0 Å². The smallest absolute Gasteiger partial charge is 0.322 e. The lowest BCUT2D eigenvalue weighted by molar-refractivity contribution is -0.147. The summed E-state index contributed by atoms with van der Waals surface area (Å²) in [6.07, 6.45) is 50.0. The van der Waals surface area contributed by atoms with E-state index in [-0.39, 0.29) is 24.5 Å². The van der Waals surface area contributed by atoms with Crippen LogP contribution in [0.15, 0.2) is 36.5 Å². The van der Waals surface area contributed by atoms with E-state index in [0.29, 0.717) is 12.8 Å². The molecule has 0 aliphatic heterocycles. The van der Waals surface area contributed by atoms with E-state index in [1.165, 1.54) is 122 Å². The number of carboxylic acid groups (broad SMARTS) is 1. The van der Waals surface area contributed by atoms with Gasteiger partial charge in [-0.25, -0.2) is 0 Å². The molecular formula is C45H81NO5. The normalized spacial score (nSPS) is 12.4. The van der Waals surface area contributed by atoms with Gasteiger partial charge in [-0.2, -0.15) is 0 Å². The van der Waals surface area contributed by atoms with E-state index in [0.717, 1.165) is 70.6 Å². The van der Waals surface area contributed by atoms with Crippen molar-refractivity contribution in [2.45, 2.75) is 225 Å². The quantitative estimate of drug-likeness (QED) is 0.0375. The third-order valence-electron chi connectivity index (χ3n) is 9.55. The maximum Gasteiger partial charge on any atom is 0.322 e. The molecule has 0 heterocycles. The van der Waals surface area contributed by atoms with Gasteiger partial charge in [0.1, 0.15) is 12.6 Å². The van der Waals surface area contributed by atoms with Gasteiger partial charge in [-0.1, -0.05) is 185 Å². The van der Waals surface area contributed by atoms with Gasteiger partial charge in [0, 0.05) is 12.8 Å². The molecule has 0 aliphatic rings. The summed E-state index contributed by atoms with van der Waals surface area (Å²) >= 11 is 0. The van der Waals surface area contributed by atoms with Crippen molar-refractivity contribution in [3.8, 4) is 0 Å². The van der Waals surface area contributed by atoms with E-state index in [2.05, 4.69) is 55.6 Å². The first-order valence-electron chi connectivity index (χ1n) is 21.6. The van der Waals surface area contributed by atoms with E-state index < -0.39 is 5.97 Å². The van der Waals surface area contributed by atoms with Gasteiger partial charge < -0.3 is 15.2 Å². The summed E-state index contributed by atoms with van der Waals surface area (Å²) < 4.78 is 5.92. The number of esters is 1. The van der Waals surface area contributed by atoms with Gasteiger partial charge >= 0.3 is 11.9 Å². The molecular weight excluding hydrogens is 634 g/mol. The summed E-state index contributed by atoms with van der Waals surface area (Å²) in [5, 5.41) is 11.1. The molecule has 0 saturated carbocycles. The molecule has 1 unspecified atom stereocenters. The first-order valence-corrected chi connectivity index (χ1v) is 21.6. The fourth-order valence-electron chi connectivity index (χ4n) is 6.32. The minimum Gasteiger partial charge on any atom is -0.480 e. The molecule has 6 nitrogen and oxygen atoms in total. The van der Waals surface area contributed by atoms with Gasteiger partial charge in [-0.3, -0.25) is 14.4 Å². The number of allylic oxidation sites excluding steroid dienone is 5. The molecule has 6 heteroatoms. The summed E-state index contributed by atoms with van der Waals surface area (Å²) in [7, 11) is 0. The maximum atomic E-state index is 12.7. The number of aliphatic carboxylic acids is 1. The van der Waals surface area contributed by atoms with Crippen LogP contribution in [0, 0.1) is 0 Å². The van der Waals surface area contributed by atoms with Crippen LogP contribution in [-0.4, -0.2) is 35.6 Å². The number of amides is 1. The number of nitrogens with one attached hydrogen (secondary N) is 1. The number of carbonyl (C=O) groups excluding carboxylic acids is 2. The van der Waals surface area contributed by atoms with E-state index in [9.17, 15) is 14.4 Å². The summed E-state index contributed by atoms with van der Waals surface area (Å²) in [5.74, 6) is -1.32. The van der Waals surface area contributed by atoms with Crippen molar-refractivity contribution in [3.63, 3.8) is 0 Å². The third-order valence-corrected chi connectivity index (χ3v) is 9.55. The highest BCUT2D eigenvalue weighted by Gasteiger charge is 2.11. The average molecular weight is 716 g/mol. The van der Waals surface area contributed by atoms with Crippen LogP contribution >= 0.6 is 0 Å². The zero-order valence-electron chi connectivity index (χ0n) is 33.5. The van der Waals surface area contributed by atoms with Crippen LogP contribution in [-0.2, 0) is 19.1 Å². The Morgan fingerprint density at radius 1 is 0.529 bits per heavy atom. The average Bonchev–Trinajstić information content (AvgIpc) is 3.11. The van der Waals surface area contributed by atoms with Crippen molar-refractivity contribution in [1.29, 1.82) is 0 Å². The fraction of sp³-hybridized carbons (Fsp3) is 0.800. The van der Waals surface area contributed by atoms with E-state index >= 15 is 0 Å². The highest BCUT2D eigenvalue weighted by atomic mass is 16.5. The van der Waals surface area contributed by atoms with Crippen molar-refractivity contribution in [2.75, 3.05) is 6.54 Å². The lowest BCUT2D eigenvalue weighted by atomic mass is 10.0. The Bertz CT molecular complexity index is 880. The van der Waals surface area contributed by atoms with Gasteiger partial charge in [0.25, 0.3) is 0 Å². The van der Waals surface area contributed by atoms with Gasteiger partial charge in [0.2, 0.25) is 5.91 Å². The monoisotopic (exact) mass is 716 g/mol. The molecule has 1 amide bonds. The molecule has 51 heavy (non-hydrogen) atoms. The van der Waals surface area contributed by atoms with Crippen molar-refractivity contribution in [3.05, 3.63) is 36.5 Å². The van der Waals surface area contributed by atoms with Gasteiger partial charge in [-0.05, 0) is 57.4 Å². The molecule has 296 valence electrons. The second kappa shape index (κ2) is 40.4. The number of carbonyl (C=O) groups is 3. The Hall–Kier alpha value is -2.37. The minimum atomic E-state index is -1.02. The fourth-order valence-corrected chi connectivity index (χ4v) is 6.32. The molecule has 0 aromatic heterocycles. The summed E-state index contributed by atoms with van der Waals surface area (Å²) in [6, 6.07) is 0. The number of hydrogen-bond acceptors (Lipinski definition) is 4. The molecule has 0 rings (SSSR count). The topological polar surface area (TPSA) is 92.7 Å². The van der Waals surface area contributed by atoms with Crippen LogP contribution in [0.25, 0.3) is 0 Å². The molecule has 0 fully saturated rings. The number of unbranched alkanes of at least 4 members (excludes halogenated alkanes) is 24. The summed E-state index contributed by atoms with van der Waals surface area (Å²) in [4.78, 5) is 35.0. The second-order valence-electron chi connectivity index (χ2n) is 14.6. The Kier molecular flexibility index (Phi) is 38.5. The van der Waals surface area contributed by atoms with Crippen LogP contribution in [0.2, 0.25) is 0 Å². The molecule has 0 aliphatic carbocycles. The van der Waals surface area contributed by atoms with E-state index in [1.807, 2.05) is 0 Å². The number of ether oxygens (including phenoxy) is 1. The van der Waals surface area contributed by atoms with Crippen LogP contribution in [0.1, 0.15) is 219 Å². The highest BCUT2D eigenvalue weighted by molar-refractivity contribution is 5.80. The number of hydrogen-bond donors (Lipinski definition) is 2. The Morgan fingerprint density at radius 3 is 1.49 bits per heavy atom. The van der Waals surface area contributed by atoms with Crippen molar-refractivity contribution in [1.82, 2.24) is 5.32 Å². The Balaban J connectivity index is 4.17. The minimum absolute atomic E-state index is 0.0859. The van der Waals surface area contributed by atoms with Crippen molar-refractivity contribution >= 4 is 17.8 Å². The largest absolute Gasteiger partial charge is 0.480 e. The van der Waals surface area contributed by atoms with E-state index in [1.54, 1.807) is 0 Å². The first-order chi connectivity index (χ1) is 25.0. The molecule has 2 N–H and O–H groups in total. The van der Waals surface area contributed by atoms with Crippen LogP contribution < -0.4 is 5.32 Å². The Morgan fingerprint density at radius 2 is 0.961 bits per heavy atom. The van der Waals surface area contributed by atoms with Gasteiger partial charge in [-0.15, -0.1) is 0 Å². The molecule has 0 bridgehead atoms. The van der Waals surface area contributed by atoms with Crippen LogP contribution in [0.3, 0.4) is 0 Å². The third kappa shape index (κ3) is 40.3. The zero-order chi connectivity index (χ0) is 37.3. The zero-order valence-corrected chi connectivity index (χ0v) is 33.5. The number of carboxylic acids is 1. The van der Waals surface area contributed by atoms with Crippen LogP contribution in [0.4, 0.5) is 0 Å². The SMILES string of the molecule is CCCCC/C=C\C/C=C\C/C=C\C(CCCCCCCC(=O)NCC(=O)O)OC(=O)CCCCCCCCCCCCCCCCCCCC. The molecule has 0 radical (unpaired) electrons. The standard InChI is InChI=1S/C45H81NO5/c1-3-5-7-9-11-13-15-16-17-18-19-20-21-23-25-27-32-36-40-45(50)51-42(37-33-29-26-24-22-14-12-10-8-6-4-2)38-34-30-28-31-35-39-43(47)46-41-44(48)49/h12,14,24,26,33,37,42H,3-11,13,15-23,25,27-32,34-36,38-41H2,1-2H3,(H,46,47)(H,48,49)/b14-12-,26-24-,37-33-. The molecule has 0 aromatic carbocycles. The molecule has 1 atom stereocenters. The predicted octanol–water partition coefficient (Wildman–Crippen LogP) is 13.3. The predicted molar refractivity (Wildman–Crippen MR) is 217 cm³/mol. The molecule has 0 spiro atoms. The highest BCUT2D eigenvalue weighted by Crippen LogP contribution is 2.16. The molecule has 0 saturated heterocycles.